The minimum atomic E-state index is -1.36. The molecule has 0 saturated heterocycles. The van der Waals surface area contributed by atoms with E-state index in [1.165, 1.54) is 0 Å². The Labute approximate surface area is 232 Å². The third-order valence-electron chi connectivity index (χ3n) is 6.50. The van der Waals surface area contributed by atoms with Crippen molar-refractivity contribution in [2.75, 3.05) is 6.61 Å². The monoisotopic (exact) mass is 551 g/mol. The zero-order valence-electron chi connectivity index (χ0n) is 22.6. The van der Waals surface area contributed by atoms with Gasteiger partial charge in [-0.2, -0.15) is 0 Å². The van der Waals surface area contributed by atoms with E-state index in [0.717, 1.165) is 22.0 Å². The Bertz CT molecular complexity index is 1310. The van der Waals surface area contributed by atoms with Crippen molar-refractivity contribution in [3.8, 4) is 0 Å². The van der Waals surface area contributed by atoms with Crippen LogP contribution >= 0.6 is 0 Å². The van der Waals surface area contributed by atoms with Gasteiger partial charge in [-0.25, -0.2) is 4.79 Å². The summed E-state index contributed by atoms with van der Waals surface area (Å²) in [6.07, 6.45) is 2.24. The molecule has 0 saturated carbocycles. The van der Waals surface area contributed by atoms with Crippen LogP contribution in [0, 0.1) is 5.92 Å². The van der Waals surface area contributed by atoms with Crippen molar-refractivity contribution in [3.63, 3.8) is 0 Å². The lowest BCUT2D eigenvalue weighted by molar-refractivity contribution is -0.142. The SMILES string of the molecule is CC(C)CC(NC(=O)C(CO)NC(=O)C(N)Cc1c[nH]c2ccccc12)C(=O)NC(Cc1ccccc1)C(=O)O. The molecule has 11 heteroatoms. The highest BCUT2D eigenvalue weighted by Crippen LogP contribution is 2.18. The lowest BCUT2D eigenvalue weighted by Gasteiger charge is -2.25. The van der Waals surface area contributed by atoms with E-state index in [1.807, 2.05) is 38.1 Å². The highest BCUT2D eigenvalue weighted by atomic mass is 16.4. The zero-order valence-corrected chi connectivity index (χ0v) is 22.6. The highest BCUT2D eigenvalue weighted by molar-refractivity contribution is 5.94. The largest absolute Gasteiger partial charge is 0.480 e. The second-order valence-electron chi connectivity index (χ2n) is 10.2. The third-order valence-corrected chi connectivity index (χ3v) is 6.50. The van der Waals surface area contributed by atoms with Gasteiger partial charge < -0.3 is 36.9 Å². The number of carboxylic acid groups (broad SMARTS) is 1. The Morgan fingerprint density at radius 2 is 1.43 bits per heavy atom. The van der Waals surface area contributed by atoms with Crippen LogP contribution in [-0.4, -0.2) is 69.7 Å². The molecule has 3 aromatic rings. The minimum absolute atomic E-state index is 0.0276. The molecule has 40 heavy (non-hydrogen) atoms. The van der Waals surface area contributed by atoms with Crippen LogP contribution in [0.15, 0.2) is 60.8 Å². The molecule has 2 aromatic carbocycles. The van der Waals surface area contributed by atoms with Gasteiger partial charge in [-0.3, -0.25) is 14.4 Å². The van der Waals surface area contributed by atoms with E-state index in [9.17, 15) is 29.4 Å². The first kappa shape index (κ1) is 30.3. The van der Waals surface area contributed by atoms with Crippen molar-refractivity contribution in [1.82, 2.24) is 20.9 Å². The van der Waals surface area contributed by atoms with Crippen LogP contribution in [0.25, 0.3) is 10.9 Å². The summed E-state index contributed by atoms with van der Waals surface area (Å²) < 4.78 is 0. The molecule has 0 fully saturated rings. The minimum Gasteiger partial charge on any atom is -0.480 e. The number of nitrogens with two attached hydrogens (primary N) is 1. The van der Waals surface area contributed by atoms with Crippen LogP contribution < -0.4 is 21.7 Å². The van der Waals surface area contributed by atoms with Crippen molar-refractivity contribution in [3.05, 3.63) is 71.9 Å². The second kappa shape index (κ2) is 14.2. The van der Waals surface area contributed by atoms with Crippen LogP contribution in [0.2, 0.25) is 0 Å². The molecule has 4 atom stereocenters. The van der Waals surface area contributed by atoms with Gasteiger partial charge in [0.25, 0.3) is 0 Å². The third kappa shape index (κ3) is 8.39. The zero-order chi connectivity index (χ0) is 29.2. The molecule has 0 aliphatic rings. The maximum absolute atomic E-state index is 13.1. The Balaban J connectivity index is 1.63. The van der Waals surface area contributed by atoms with Gasteiger partial charge in [-0.15, -0.1) is 0 Å². The molecular weight excluding hydrogens is 514 g/mol. The number of benzene rings is 2. The number of aromatic amines is 1. The molecule has 0 radical (unpaired) electrons. The summed E-state index contributed by atoms with van der Waals surface area (Å²) in [5.41, 5.74) is 8.57. The van der Waals surface area contributed by atoms with E-state index in [0.29, 0.717) is 0 Å². The Morgan fingerprint density at radius 3 is 2.08 bits per heavy atom. The number of nitrogens with one attached hydrogen (secondary N) is 4. The average Bonchev–Trinajstić information content (AvgIpc) is 3.33. The fraction of sp³-hybridized carbons (Fsp3) is 0.379. The molecule has 8 N–H and O–H groups in total. The van der Waals surface area contributed by atoms with E-state index in [1.54, 1.807) is 36.5 Å². The number of carbonyl (C=O) groups excluding carboxylic acids is 3. The number of hydrogen-bond donors (Lipinski definition) is 7. The van der Waals surface area contributed by atoms with Crippen LogP contribution in [0.1, 0.15) is 31.4 Å². The molecule has 0 aliphatic carbocycles. The Morgan fingerprint density at radius 1 is 0.825 bits per heavy atom. The number of fused-ring (bicyclic) bond motifs is 1. The number of carboxylic acids is 1. The molecule has 0 spiro atoms. The molecular formula is C29H37N5O6. The predicted molar refractivity (Wildman–Crippen MR) is 150 cm³/mol. The quantitative estimate of drug-likeness (QED) is 0.155. The normalized spacial score (nSPS) is 14.2. The van der Waals surface area contributed by atoms with Crippen molar-refractivity contribution < 1.29 is 29.4 Å². The molecule has 214 valence electrons. The van der Waals surface area contributed by atoms with Gasteiger partial charge in [-0.05, 0) is 36.0 Å². The topological polar surface area (TPSA) is 187 Å². The van der Waals surface area contributed by atoms with E-state index >= 15 is 0 Å². The lowest BCUT2D eigenvalue weighted by atomic mass is 10.0. The van der Waals surface area contributed by atoms with Crippen LogP contribution in [0.5, 0.6) is 0 Å². The standard InChI is InChI=1S/C29H37N5O6/c1-17(2)12-23(27(37)33-24(29(39)40)13-18-8-4-3-5-9-18)32-28(38)25(16-35)34-26(36)21(30)14-19-15-31-22-11-7-6-10-20(19)22/h3-11,15,17,21,23-25,31,35H,12-14,16,30H2,1-2H3,(H,32,38)(H,33,37)(H,34,36)(H,39,40). The van der Waals surface area contributed by atoms with Gasteiger partial charge in [0.1, 0.15) is 18.1 Å². The summed E-state index contributed by atoms with van der Waals surface area (Å²) in [6.45, 7) is 2.97. The fourth-order valence-corrected chi connectivity index (χ4v) is 4.40. The Hall–Kier alpha value is -4.22. The summed E-state index contributed by atoms with van der Waals surface area (Å²) in [5, 5.41) is 27.9. The van der Waals surface area contributed by atoms with Crippen molar-refractivity contribution >= 4 is 34.6 Å². The first-order valence-electron chi connectivity index (χ1n) is 13.2. The molecule has 1 heterocycles. The first-order valence-corrected chi connectivity index (χ1v) is 13.2. The number of aliphatic hydroxyl groups is 1. The van der Waals surface area contributed by atoms with Crippen molar-refractivity contribution in [1.29, 1.82) is 0 Å². The van der Waals surface area contributed by atoms with Crippen molar-refractivity contribution in [2.24, 2.45) is 11.7 Å². The number of aromatic nitrogens is 1. The van der Waals surface area contributed by atoms with E-state index < -0.39 is 54.5 Å². The summed E-state index contributed by atoms with van der Waals surface area (Å²) >= 11 is 0. The number of carbonyl (C=O) groups is 4. The maximum Gasteiger partial charge on any atom is 0.326 e. The van der Waals surface area contributed by atoms with E-state index in [4.69, 9.17) is 5.73 Å². The van der Waals surface area contributed by atoms with Gasteiger partial charge >= 0.3 is 5.97 Å². The molecule has 11 nitrogen and oxygen atoms in total. The summed E-state index contributed by atoms with van der Waals surface area (Å²) in [7, 11) is 0. The molecule has 3 amide bonds. The van der Waals surface area contributed by atoms with Gasteiger partial charge in [-0.1, -0.05) is 62.4 Å². The number of H-pyrrole nitrogens is 1. The van der Waals surface area contributed by atoms with Crippen LogP contribution in [0.4, 0.5) is 0 Å². The van der Waals surface area contributed by atoms with E-state index in [2.05, 4.69) is 20.9 Å². The summed E-state index contributed by atoms with van der Waals surface area (Å²) in [4.78, 5) is 53.8. The number of para-hydroxylation sites is 1. The van der Waals surface area contributed by atoms with Crippen LogP contribution in [0.3, 0.4) is 0 Å². The van der Waals surface area contributed by atoms with Gasteiger partial charge in [0, 0.05) is 23.5 Å². The smallest absolute Gasteiger partial charge is 0.326 e. The number of aliphatic carboxylic acids is 1. The molecule has 0 aliphatic heterocycles. The number of amides is 3. The van der Waals surface area contributed by atoms with Gasteiger partial charge in [0.05, 0.1) is 12.6 Å². The summed E-state index contributed by atoms with van der Waals surface area (Å²) in [6, 6.07) is 11.8. The maximum atomic E-state index is 13.1. The number of hydrogen-bond acceptors (Lipinski definition) is 6. The number of aliphatic hydroxyl groups excluding tert-OH is 1. The molecule has 3 rings (SSSR count). The molecule has 1 aromatic heterocycles. The second-order valence-corrected chi connectivity index (χ2v) is 10.2. The Kier molecular flexibility index (Phi) is 10.8. The number of rotatable bonds is 14. The van der Waals surface area contributed by atoms with Gasteiger partial charge in [0.2, 0.25) is 17.7 Å². The lowest BCUT2D eigenvalue weighted by Crippen LogP contribution is -2.58. The van der Waals surface area contributed by atoms with Crippen molar-refractivity contribution in [2.45, 2.75) is 57.3 Å². The first-order chi connectivity index (χ1) is 19.1. The van der Waals surface area contributed by atoms with Gasteiger partial charge in [0.15, 0.2) is 0 Å². The van der Waals surface area contributed by atoms with E-state index in [-0.39, 0.29) is 25.2 Å². The molecule has 0 bridgehead atoms. The fourth-order valence-electron chi connectivity index (χ4n) is 4.40. The summed E-state index contributed by atoms with van der Waals surface area (Å²) in [5.74, 6) is -3.34. The molecule has 4 unspecified atom stereocenters. The van der Waals surface area contributed by atoms with Crippen LogP contribution in [-0.2, 0) is 32.0 Å². The highest BCUT2D eigenvalue weighted by Gasteiger charge is 2.30. The predicted octanol–water partition coefficient (Wildman–Crippen LogP) is 0.858. The average molecular weight is 552 g/mol.